The van der Waals surface area contributed by atoms with Gasteiger partial charge in [0.2, 0.25) is 0 Å². The minimum atomic E-state index is -0.455. The van der Waals surface area contributed by atoms with E-state index in [1.165, 1.54) is 17.2 Å². The molecule has 2 aromatic carbocycles. The minimum absolute atomic E-state index is 0.0966. The highest BCUT2D eigenvalue weighted by molar-refractivity contribution is 6.07. The van der Waals surface area contributed by atoms with Crippen molar-refractivity contribution in [1.82, 2.24) is 14.9 Å². The Morgan fingerprint density at radius 1 is 1.07 bits per heavy atom. The number of furan rings is 1. The minimum Gasteiger partial charge on any atom is -0.459 e. The van der Waals surface area contributed by atoms with Gasteiger partial charge in [-0.15, -0.1) is 0 Å². The molecule has 0 aliphatic heterocycles. The third kappa shape index (κ3) is 3.83. The first-order valence-corrected chi connectivity index (χ1v) is 9.20. The Bertz CT molecular complexity index is 1280. The van der Waals surface area contributed by atoms with Crippen LogP contribution in [-0.2, 0) is 6.54 Å². The van der Waals surface area contributed by atoms with E-state index >= 15 is 0 Å². The number of anilines is 1. The molecule has 30 heavy (non-hydrogen) atoms. The van der Waals surface area contributed by atoms with Gasteiger partial charge in [0.1, 0.15) is 5.82 Å². The number of amides is 2. The molecule has 4 aromatic rings. The van der Waals surface area contributed by atoms with Gasteiger partial charge in [0.25, 0.3) is 17.4 Å². The zero-order chi connectivity index (χ0) is 21.1. The summed E-state index contributed by atoms with van der Waals surface area (Å²) in [5.41, 5.74) is 0.963. The maximum absolute atomic E-state index is 13.0. The number of hydrogen-bond acceptors (Lipinski definition) is 5. The average molecular weight is 402 g/mol. The normalized spacial score (nSPS) is 10.7. The second kappa shape index (κ2) is 8.04. The molecule has 0 atom stereocenters. The number of H-pyrrole nitrogens is 1. The summed E-state index contributed by atoms with van der Waals surface area (Å²) >= 11 is 0. The number of carbonyl (C=O) groups excluding carboxylic acids is 2. The fourth-order valence-corrected chi connectivity index (χ4v) is 3.08. The third-order valence-electron chi connectivity index (χ3n) is 4.55. The SMILES string of the molecule is CN(Cc1nc2ccccc2c(=O)[nH]1)C(=O)c1ccccc1NC(=O)c1ccco1. The lowest BCUT2D eigenvalue weighted by molar-refractivity contribution is 0.0782. The summed E-state index contributed by atoms with van der Waals surface area (Å²) in [6.07, 6.45) is 1.40. The first-order valence-electron chi connectivity index (χ1n) is 9.20. The number of aromatic nitrogens is 2. The molecule has 8 heteroatoms. The molecule has 0 aliphatic rings. The number of hydrogen-bond donors (Lipinski definition) is 2. The van der Waals surface area contributed by atoms with Crippen molar-refractivity contribution < 1.29 is 14.0 Å². The molecule has 0 aliphatic carbocycles. The van der Waals surface area contributed by atoms with Gasteiger partial charge in [0, 0.05) is 7.05 Å². The number of aromatic amines is 1. The van der Waals surface area contributed by atoms with E-state index in [1.54, 1.807) is 61.6 Å². The molecule has 2 N–H and O–H groups in total. The predicted octanol–water partition coefficient (Wildman–Crippen LogP) is 3.04. The third-order valence-corrected chi connectivity index (χ3v) is 4.55. The predicted molar refractivity (Wildman–Crippen MR) is 111 cm³/mol. The van der Waals surface area contributed by atoms with Crippen LogP contribution in [0.4, 0.5) is 5.69 Å². The van der Waals surface area contributed by atoms with Crippen LogP contribution in [0.5, 0.6) is 0 Å². The maximum atomic E-state index is 13.0. The van der Waals surface area contributed by atoms with Crippen LogP contribution in [0, 0.1) is 0 Å². The van der Waals surface area contributed by atoms with E-state index in [4.69, 9.17) is 4.42 Å². The van der Waals surface area contributed by atoms with Crippen LogP contribution in [0.3, 0.4) is 0 Å². The second-order valence-corrected chi connectivity index (χ2v) is 6.67. The van der Waals surface area contributed by atoms with E-state index in [2.05, 4.69) is 15.3 Å². The van der Waals surface area contributed by atoms with E-state index in [-0.39, 0.29) is 23.8 Å². The summed E-state index contributed by atoms with van der Waals surface area (Å²) in [5, 5.41) is 3.18. The summed E-state index contributed by atoms with van der Waals surface area (Å²) in [4.78, 5) is 46.1. The molecule has 0 radical (unpaired) electrons. The highest BCUT2D eigenvalue weighted by atomic mass is 16.3. The highest BCUT2D eigenvalue weighted by Crippen LogP contribution is 2.19. The molecule has 2 heterocycles. The van der Waals surface area contributed by atoms with Crippen LogP contribution >= 0.6 is 0 Å². The van der Waals surface area contributed by atoms with Crippen LogP contribution in [0.25, 0.3) is 10.9 Å². The van der Waals surface area contributed by atoms with E-state index < -0.39 is 5.91 Å². The van der Waals surface area contributed by atoms with Crippen molar-refractivity contribution in [2.45, 2.75) is 6.54 Å². The van der Waals surface area contributed by atoms with E-state index in [0.29, 0.717) is 28.0 Å². The average Bonchev–Trinajstić information content (AvgIpc) is 3.29. The van der Waals surface area contributed by atoms with Crippen LogP contribution in [-0.4, -0.2) is 33.7 Å². The quantitative estimate of drug-likeness (QED) is 0.533. The van der Waals surface area contributed by atoms with Gasteiger partial charge in [-0.3, -0.25) is 14.4 Å². The number of nitrogens with zero attached hydrogens (tertiary/aromatic N) is 2. The number of benzene rings is 2. The van der Waals surface area contributed by atoms with Crippen LogP contribution in [0.1, 0.15) is 26.7 Å². The Morgan fingerprint density at radius 3 is 2.63 bits per heavy atom. The fourth-order valence-electron chi connectivity index (χ4n) is 3.08. The van der Waals surface area contributed by atoms with Gasteiger partial charge < -0.3 is 19.6 Å². The van der Waals surface area contributed by atoms with Gasteiger partial charge in [0.15, 0.2) is 5.76 Å². The van der Waals surface area contributed by atoms with Crippen molar-refractivity contribution in [3.8, 4) is 0 Å². The van der Waals surface area contributed by atoms with Crippen LogP contribution in [0.2, 0.25) is 0 Å². The lowest BCUT2D eigenvalue weighted by atomic mass is 10.1. The molecule has 0 fully saturated rings. The zero-order valence-electron chi connectivity index (χ0n) is 16.1. The second-order valence-electron chi connectivity index (χ2n) is 6.67. The van der Waals surface area contributed by atoms with Crippen LogP contribution < -0.4 is 10.9 Å². The number of fused-ring (bicyclic) bond motifs is 1. The van der Waals surface area contributed by atoms with Crippen molar-refractivity contribution in [1.29, 1.82) is 0 Å². The van der Waals surface area contributed by atoms with E-state index in [1.807, 2.05) is 0 Å². The Labute approximate surface area is 171 Å². The molecule has 150 valence electrons. The van der Waals surface area contributed by atoms with Gasteiger partial charge in [-0.1, -0.05) is 24.3 Å². The number of carbonyl (C=O) groups is 2. The largest absolute Gasteiger partial charge is 0.459 e. The van der Waals surface area contributed by atoms with Gasteiger partial charge >= 0.3 is 0 Å². The Kier molecular flexibility index (Phi) is 5.13. The van der Waals surface area contributed by atoms with Crippen molar-refractivity contribution in [2.75, 3.05) is 12.4 Å². The standard InChI is InChI=1S/C22H18N4O4/c1-26(13-19-23-16-9-4-2-7-14(16)20(27)25-19)22(29)15-8-3-5-10-17(15)24-21(28)18-11-6-12-30-18/h2-12H,13H2,1H3,(H,24,28)(H,23,25,27). The first kappa shape index (κ1) is 19.1. The van der Waals surface area contributed by atoms with Crippen molar-refractivity contribution >= 4 is 28.4 Å². The molecule has 8 nitrogen and oxygen atoms in total. The Morgan fingerprint density at radius 2 is 1.83 bits per heavy atom. The zero-order valence-corrected chi connectivity index (χ0v) is 16.1. The number of nitrogens with one attached hydrogen (secondary N) is 2. The molecule has 2 aromatic heterocycles. The van der Waals surface area contributed by atoms with Crippen LogP contribution in [0.15, 0.2) is 76.1 Å². The molecule has 4 rings (SSSR count). The molecular weight excluding hydrogens is 384 g/mol. The summed E-state index contributed by atoms with van der Waals surface area (Å²) in [7, 11) is 1.60. The summed E-state index contributed by atoms with van der Waals surface area (Å²) in [6.45, 7) is 0.0966. The number of rotatable bonds is 5. The van der Waals surface area contributed by atoms with Gasteiger partial charge in [-0.25, -0.2) is 4.98 Å². The molecule has 0 bridgehead atoms. The van der Waals surface area contributed by atoms with E-state index in [0.717, 1.165) is 0 Å². The Balaban J connectivity index is 1.56. The summed E-state index contributed by atoms with van der Waals surface area (Å²) in [6, 6.07) is 16.8. The Hall–Kier alpha value is -4.20. The van der Waals surface area contributed by atoms with Gasteiger partial charge in [-0.2, -0.15) is 0 Å². The fraction of sp³-hybridized carbons (Fsp3) is 0.0909. The maximum Gasteiger partial charge on any atom is 0.291 e. The van der Waals surface area contributed by atoms with Crippen molar-refractivity contribution in [2.24, 2.45) is 0 Å². The first-order chi connectivity index (χ1) is 14.5. The monoisotopic (exact) mass is 402 g/mol. The van der Waals surface area contributed by atoms with Crippen molar-refractivity contribution in [3.05, 3.63) is 94.4 Å². The van der Waals surface area contributed by atoms with Crippen molar-refractivity contribution in [3.63, 3.8) is 0 Å². The van der Waals surface area contributed by atoms with Gasteiger partial charge in [-0.05, 0) is 36.4 Å². The summed E-state index contributed by atoms with van der Waals surface area (Å²) < 4.78 is 5.09. The molecule has 0 unspecified atom stereocenters. The lowest BCUT2D eigenvalue weighted by Crippen LogP contribution is -2.29. The molecule has 0 spiro atoms. The molecule has 0 saturated heterocycles. The highest BCUT2D eigenvalue weighted by Gasteiger charge is 2.19. The molecule has 0 saturated carbocycles. The smallest absolute Gasteiger partial charge is 0.291 e. The van der Waals surface area contributed by atoms with Gasteiger partial charge in [0.05, 0.1) is 35.0 Å². The summed E-state index contributed by atoms with van der Waals surface area (Å²) in [5.74, 6) is -0.278. The van der Waals surface area contributed by atoms with E-state index in [9.17, 15) is 14.4 Å². The lowest BCUT2D eigenvalue weighted by Gasteiger charge is -2.19. The number of para-hydroxylation sites is 2. The molecular formula is C22H18N4O4. The molecule has 2 amide bonds. The topological polar surface area (TPSA) is 108 Å².